The normalized spacial score (nSPS) is 25.9. The van der Waals surface area contributed by atoms with Crippen molar-refractivity contribution in [3.8, 4) is 0 Å². The fourth-order valence-electron chi connectivity index (χ4n) is 3.14. The molecule has 1 saturated carbocycles. The van der Waals surface area contributed by atoms with Crippen LogP contribution in [-0.4, -0.2) is 60.1 Å². The van der Waals surface area contributed by atoms with E-state index >= 15 is 0 Å². The molecule has 114 valence electrons. The van der Waals surface area contributed by atoms with E-state index in [1.165, 1.54) is 12.1 Å². The highest BCUT2D eigenvalue weighted by atomic mass is 19.1. The van der Waals surface area contributed by atoms with Crippen LogP contribution in [0.15, 0.2) is 24.3 Å². The molecule has 1 aromatic rings. The third kappa shape index (κ3) is 3.24. The van der Waals surface area contributed by atoms with Gasteiger partial charge in [-0.1, -0.05) is 12.1 Å². The smallest absolute Gasteiger partial charge is 0.226 e. The lowest BCUT2D eigenvalue weighted by molar-refractivity contribution is -0.134. The molecule has 0 spiro atoms. The Labute approximate surface area is 124 Å². The van der Waals surface area contributed by atoms with Crippen LogP contribution in [0.5, 0.6) is 0 Å². The van der Waals surface area contributed by atoms with E-state index in [1.807, 2.05) is 11.0 Å². The van der Waals surface area contributed by atoms with E-state index in [0.717, 1.165) is 38.2 Å². The summed E-state index contributed by atoms with van der Waals surface area (Å²) in [6.07, 6.45) is 0.832. The molecule has 1 aliphatic carbocycles. The molecule has 1 N–H and O–H groups in total. The topological polar surface area (TPSA) is 43.8 Å². The molecular weight excluding hydrogens is 271 g/mol. The molecule has 1 heterocycles. The number of piperazine rings is 1. The predicted octanol–water partition coefficient (Wildman–Crippen LogP) is 1.07. The summed E-state index contributed by atoms with van der Waals surface area (Å²) in [6, 6.07) is 6.58. The van der Waals surface area contributed by atoms with Gasteiger partial charge in [0.05, 0.1) is 6.61 Å². The first-order valence-corrected chi connectivity index (χ1v) is 7.56. The summed E-state index contributed by atoms with van der Waals surface area (Å²) < 4.78 is 13.2. The van der Waals surface area contributed by atoms with Crippen molar-refractivity contribution in [2.24, 2.45) is 5.92 Å². The Morgan fingerprint density at radius 2 is 2.05 bits per heavy atom. The molecule has 1 amide bonds. The average molecular weight is 292 g/mol. The van der Waals surface area contributed by atoms with Gasteiger partial charge in [0.25, 0.3) is 0 Å². The van der Waals surface area contributed by atoms with Crippen molar-refractivity contribution in [3.05, 3.63) is 35.6 Å². The lowest BCUT2D eigenvalue weighted by Gasteiger charge is -2.34. The van der Waals surface area contributed by atoms with Crippen molar-refractivity contribution in [2.75, 3.05) is 39.3 Å². The van der Waals surface area contributed by atoms with Crippen molar-refractivity contribution < 1.29 is 14.3 Å². The second kappa shape index (κ2) is 6.12. The van der Waals surface area contributed by atoms with Crippen LogP contribution in [0.25, 0.3) is 0 Å². The van der Waals surface area contributed by atoms with E-state index in [2.05, 4.69) is 4.90 Å². The Balaban J connectivity index is 1.54. The molecular formula is C16H21FN2O2. The van der Waals surface area contributed by atoms with Crippen molar-refractivity contribution >= 4 is 5.91 Å². The van der Waals surface area contributed by atoms with Crippen LogP contribution in [0.1, 0.15) is 17.9 Å². The average Bonchev–Trinajstić information content (AvgIpc) is 3.28. The van der Waals surface area contributed by atoms with Gasteiger partial charge in [0, 0.05) is 38.6 Å². The van der Waals surface area contributed by atoms with Gasteiger partial charge < -0.3 is 10.0 Å². The number of aliphatic hydroxyl groups excluding tert-OH is 1. The maximum Gasteiger partial charge on any atom is 0.226 e. The van der Waals surface area contributed by atoms with Gasteiger partial charge in [0.1, 0.15) is 5.82 Å². The van der Waals surface area contributed by atoms with Crippen LogP contribution < -0.4 is 0 Å². The Morgan fingerprint density at radius 3 is 2.71 bits per heavy atom. The van der Waals surface area contributed by atoms with Gasteiger partial charge in [-0.05, 0) is 30.0 Å². The molecule has 2 atom stereocenters. The summed E-state index contributed by atoms with van der Waals surface area (Å²) in [6.45, 7) is 3.94. The van der Waals surface area contributed by atoms with E-state index < -0.39 is 0 Å². The van der Waals surface area contributed by atoms with Crippen LogP contribution in [0, 0.1) is 11.7 Å². The van der Waals surface area contributed by atoms with E-state index in [0.29, 0.717) is 6.54 Å². The van der Waals surface area contributed by atoms with E-state index in [4.69, 9.17) is 5.11 Å². The number of β-amino-alcohol motifs (C(OH)–C–C–N with tert-alkyl or cyclic N) is 1. The Kier molecular flexibility index (Phi) is 4.22. The number of halogens is 1. The van der Waals surface area contributed by atoms with E-state index in [1.54, 1.807) is 6.07 Å². The highest BCUT2D eigenvalue weighted by Gasteiger charge is 2.46. The number of hydrogen-bond acceptors (Lipinski definition) is 3. The molecule has 0 bridgehead atoms. The standard InChI is InChI=1S/C16H21FN2O2/c17-13-3-1-2-12(10-13)14-11-15(14)16(21)19-6-4-18(5-7-19)8-9-20/h1-3,10,14-15,20H,4-9,11H2/t14-,15-/m1/s1. The van der Waals surface area contributed by atoms with E-state index in [9.17, 15) is 9.18 Å². The molecule has 3 rings (SSSR count). The molecule has 1 saturated heterocycles. The minimum absolute atomic E-state index is 0.0243. The first-order valence-electron chi connectivity index (χ1n) is 7.56. The molecule has 2 fully saturated rings. The summed E-state index contributed by atoms with van der Waals surface area (Å²) in [5.41, 5.74) is 0.937. The van der Waals surface area contributed by atoms with Gasteiger partial charge in [-0.3, -0.25) is 9.69 Å². The molecule has 4 nitrogen and oxygen atoms in total. The number of hydrogen-bond donors (Lipinski definition) is 1. The van der Waals surface area contributed by atoms with Crippen molar-refractivity contribution in [2.45, 2.75) is 12.3 Å². The fourth-order valence-corrected chi connectivity index (χ4v) is 3.14. The largest absolute Gasteiger partial charge is 0.395 e. The molecule has 2 aliphatic rings. The minimum atomic E-state index is -0.233. The van der Waals surface area contributed by atoms with Crippen molar-refractivity contribution in [1.29, 1.82) is 0 Å². The number of amides is 1. The molecule has 1 aromatic carbocycles. The van der Waals surface area contributed by atoms with Gasteiger partial charge in [-0.25, -0.2) is 4.39 Å². The maximum absolute atomic E-state index is 13.2. The number of carbonyl (C=O) groups excluding carboxylic acids is 1. The zero-order valence-corrected chi connectivity index (χ0v) is 12.0. The molecule has 5 heteroatoms. The fraction of sp³-hybridized carbons (Fsp3) is 0.562. The minimum Gasteiger partial charge on any atom is -0.395 e. The number of carbonyl (C=O) groups is 1. The predicted molar refractivity (Wildman–Crippen MR) is 77.4 cm³/mol. The third-order valence-electron chi connectivity index (χ3n) is 4.48. The zero-order chi connectivity index (χ0) is 14.8. The second-order valence-corrected chi connectivity index (χ2v) is 5.89. The Bertz CT molecular complexity index is 515. The van der Waals surface area contributed by atoms with Gasteiger partial charge in [-0.15, -0.1) is 0 Å². The second-order valence-electron chi connectivity index (χ2n) is 5.89. The highest BCUT2D eigenvalue weighted by molar-refractivity contribution is 5.83. The summed E-state index contributed by atoms with van der Waals surface area (Å²) in [5, 5.41) is 8.92. The summed E-state index contributed by atoms with van der Waals surface area (Å²) in [5.74, 6) is 0.177. The molecule has 1 aliphatic heterocycles. The molecule has 21 heavy (non-hydrogen) atoms. The number of benzene rings is 1. The first kappa shape index (κ1) is 14.5. The quantitative estimate of drug-likeness (QED) is 0.902. The van der Waals surface area contributed by atoms with Crippen molar-refractivity contribution in [1.82, 2.24) is 9.80 Å². The summed E-state index contributed by atoms with van der Waals surface area (Å²) in [4.78, 5) is 16.5. The van der Waals surface area contributed by atoms with Gasteiger partial charge >= 0.3 is 0 Å². The lowest BCUT2D eigenvalue weighted by atomic mass is 10.1. The van der Waals surface area contributed by atoms with Crippen LogP contribution in [0.2, 0.25) is 0 Å². The van der Waals surface area contributed by atoms with Crippen molar-refractivity contribution in [3.63, 3.8) is 0 Å². The molecule has 0 unspecified atom stereocenters. The third-order valence-corrected chi connectivity index (χ3v) is 4.48. The van der Waals surface area contributed by atoms with E-state index in [-0.39, 0.29) is 30.2 Å². The van der Waals surface area contributed by atoms with Crippen LogP contribution in [0.3, 0.4) is 0 Å². The maximum atomic E-state index is 13.2. The van der Waals surface area contributed by atoms with Crippen LogP contribution >= 0.6 is 0 Å². The highest BCUT2D eigenvalue weighted by Crippen LogP contribution is 2.48. The SMILES string of the molecule is O=C([C@@H]1C[C@@H]1c1cccc(F)c1)N1CCN(CCO)CC1. The lowest BCUT2D eigenvalue weighted by Crippen LogP contribution is -2.49. The molecule has 0 aromatic heterocycles. The zero-order valence-electron chi connectivity index (χ0n) is 12.0. The van der Waals surface area contributed by atoms with Gasteiger partial charge in [-0.2, -0.15) is 0 Å². The molecule has 0 radical (unpaired) electrons. The number of aliphatic hydroxyl groups is 1. The summed E-state index contributed by atoms with van der Waals surface area (Å²) in [7, 11) is 0. The van der Waals surface area contributed by atoms with Crippen LogP contribution in [0.4, 0.5) is 4.39 Å². The number of nitrogens with zero attached hydrogens (tertiary/aromatic N) is 2. The first-order chi connectivity index (χ1) is 10.2. The van der Waals surface area contributed by atoms with Gasteiger partial charge in [0.15, 0.2) is 0 Å². The summed E-state index contributed by atoms with van der Waals surface area (Å²) >= 11 is 0. The Hall–Kier alpha value is -1.46. The van der Waals surface area contributed by atoms with Gasteiger partial charge in [0.2, 0.25) is 5.91 Å². The number of rotatable bonds is 4. The monoisotopic (exact) mass is 292 g/mol. The van der Waals surface area contributed by atoms with Crippen LogP contribution in [-0.2, 0) is 4.79 Å². The Morgan fingerprint density at radius 1 is 1.29 bits per heavy atom.